The predicted molar refractivity (Wildman–Crippen MR) is 57.8 cm³/mol. The third-order valence-corrected chi connectivity index (χ3v) is 3.72. The largest absolute Gasteiger partial charge is 0.310 e. The van der Waals surface area contributed by atoms with E-state index < -0.39 is 0 Å². The van der Waals surface area contributed by atoms with Gasteiger partial charge in [0.05, 0.1) is 12.1 Å². The Labute approximate surface area is 94.2 Å². The van der Waals surface area contributed by atoms with Crippen LogP contribution in [0.15, 0.2) is 6.20 Å². The second kappa shape index (κ2) is 3.66. The van der Waals surface area contributed by atoms with E-state index in [1.165, 1.54) is 6.42 Å². The standard InChI is InChI=1S/C11H16N4O/c1-15-6-8(13-14-15)5-11(16)9-4-7-2-3-10(9)12-7/h6-7,9-10,12H,2-5H2,1H3. The molecule has 0 spiro atoms. The third-order valence-electron chi connectivity index (χ3n) is 3.72. The maximum absolute atomic E-state index is 12.1. The van der Waals surface area contributed by atoms with Crippen molar-refractivity contribution in [3.05, 3.63) is 11.9 Å². The molecule has 2 fully saturated rings. The van der Waals surface area contributed by atoms with Crippen molar-refractivity contribution in [3.63, 3.8) is 0 Å². The van der Waals surface area contributed by atoms with Gasteiger partial charge in [0.15, 0.2) is 0 Å². The molecule has 1 N–H and O–H groups in total. The Morgan fingerprint density at radius 3 is 3.06 bits per heavy atom. The smallest absolute Gasteiger partial charge is 0.143 e. The lowest BCUT2D eigenvalue weighted by Crippen LogP contribution is -2.29. The Morgan fingerprint density at radius 2 is 2.50 bits per heavy atom. The average molecular weight is 220 g/mol. The van der Waals surface area contributed by atoms with Crippen LogP contribution in [0.1, 0.15) is 25.0 Å². The van der Waals surface area contributed by atoms with Gasteiger partial charge < -0.3 is 5.32 Å². The molecule has 2 aliphatic rings. The number of hydrogen-bond donors (Lipinski definition) is 1. The molecule has 2 saturated heterocycles. The molecular weight excluding hydrogens is 204 g/mol. The van der Waals surface area contributed by atoms with E-state index in [-0.39, 0.29) is 5.92 Å². The minimum atomic E-state index is 0.209. The van der Waals surface area contributed by atoms with Gasteiger partial charge in [0, 0.05) is 31.2 Å². The van der Waals surface area contributed by atoms with E-state index in [2.05, 4.69) is 15.6 Å². The highest BCUT2D eigenvalue weighted by molar-refractivity contribution is 5.84. The van der Waals surface area contributed by atoms with E-state index >= 15 is 0 Å². The number of carbonyl (C=O) groups is 1. The van der Waals surface area contributed by atoms with Crippen molar-refractivity contribution in [2.45, 2.75) is 37.8 Å². The first-order valence-electron chi connectivity index (χ1n) is 5.86. The molecule has 5 heteroatoms. The highest BCUT2D eigenvalue weighted by atomic mass is 16.1. The summed E-state index contributed by atoms with van der Waals surface area (Å²) in [5.41, 5.74) is 0.787. The van der Waals surface area contributed by atoms with E-state index in [1.807, 2.05) is 13.2 Å². The van der Waals surface area contributed by atoms with E-state index in [0.29, 0.717) is 24.3 Å². The molecule has 3 heterocycles. The minimum Gasteiger partial charge on any atom is -0.310 e. The van der Waals surface area contributed by atoms with Gasteiger partial charge in [-0.3, -0.25) is 9.48 Å². The van der Waals surface area contributed by atoms with Crippen LogP contribution in [0.3, 0.4) is 0 Å². The SMILES string of the molecule is Cn1cc(CC(=O)C2CC3CCC2N3)nn1. The van der Waals surface area contributed by atoms with Gasteiger partial charge in [0.25, 0.3) is 0 Å². The molecule has 0 saturated carbocycles. The number of nitrogens with zero attached hydrogens (tertiary/aromatic N) is 3. The third kappa shape index (κ3) is 1.65. The first-order chi connectivity index (χ1) is 7.72. The van der Waals surface area contributed by atoms with E-state index in [1.54, 1.807) is 4.68 Å². The van der Waals surface area contributed by atoms with Gasteiger partial charge in [-0.1, -0.05) is 5.21 Å². The molecule has 2 aliphatic heterocycles. The van der Waals surface area contributed by atoms with Crippen molar-refractivity contribution in [1.29, 1.82) is 0 Å². The van der Waals surface area contributed by atoms with Crippen LogP contribution < -0.4 is 5.32 Å². The summed E-state index contributed by atoms with van der Waals surface area (Å²) in [4.78, 5) is 12.1. The Morgan fingerprint density at radius 1 is 1.62 bits per heavy atom. The van der Waals surface area contributed by atoms with Crippen LogP contribution in [0.5, 0.6) is 0 Å². The lowest BCUT2D eigenvalue weighted by atomic mass is 9.85. The van der Waals surface area contributed by atoms with Crippen molar-refractivity contribution in [2.24, 2.45) is 13.0 Å². The van der Waals surface area contributed by atoms with E-state index in [9.17, 15) is 4.79 Å². The molecular formula is C11H16N4O. The molecule has 0 aliphatic carbocycles. The summed E-state index contributed by atoms with van der Waals surface area (Å²) < 4.78 is 1.64. The topological polar surface area (TPSA) is 59.8 Å². The number of ketones is 1. The van der Waals surface area contributed by atoms with E-state index in [4.69, 9.17) is 0 Å². The summed E-state index contributed by atoms with van der Waals surface area (Å²) in [7, 11) is 1.82. The zero-order valence-corrected chi connectivity index (χ0v) is 9.39. The number of fused-ring (bicyclic) bond motifs is 2. The van der Waals surface area contributed by atoms with Gasteiger partial charge in [-0.25, -0.2) is 0 Å². The summed E-state index contributed by atoms with van der Waals surface area (Å²) in [6.45, 7) is 0. The number of aryl methyl sites for hydroxylation is 1. The Hall–Kier alpha value is -1.23. The van der Waals surface area contributed by atoms with Crippen LogP contribution in [-0.2, 0) is 18.3 Å². The summed E-state index contributed by atoms with van der Waals surface area (Å²) in [5, 5.41) is 11.3. The molecule has 16 heavy (non-hydrogen) atoms. The van der Waals surface area contributed by atoms with Crippen molar-refractivity contribution in [2.75, 3.05) is 0 Å². The van der Waals surface area contributed by atoms with Crippen LogP contribution in [0.4, 0.5) is 0 Å². The molecule has 0 radical (unpaired) electrons. The summed E-state index contributed by atoms with van der Waals surface area (Å²) in [5.74, 6) is 0.529. The lowest BCUT2D eigenvalue weighted by Gasteiger charge is -2.17. The summed E-state index contributed by atoms with van der Waals surface area (Å²) in [6, 6.07) is 1.01. The van der Waals surface area contributed by atoms with Crippen molar-refractivity contribution < 1.29 is 4.79 Å². The Balaban J connectivity index is 1.65. The number of Topliss-reactive ketones (excluding diaryl/α,β-unsaturated/α-hetero) is 1. The van der Waals surface area contributed by atoms with Crippen LogP contribution >= 0.6 is 0 Å². The molecule has 0 aromatic carbocycles. The number of nitrogens with one attached hydrogen (secondary N) is 1. The highest BCUT2D eigenvalue weighted by Crippen LogP contribution is 2.34. The normalized spacial score (nSPS) is 32.2. The Kier molecular flexibility index (Phi) is 2.28. The zero-order valence-electron chi connectivity index (χ0n) is 9.39. The van der Waals surface area contributed by atoms with Gasteiger partial charge in [-0.05, 0) is 19.3 Å². The Bertz CT molecular complexity index is 414. The molecule has 3 rings (SSSR count). The number of hydrogen-bond acceptors (Lipinski definition) is 4. The maximum atomic E-state index is 12.1. The fourth-order valence-corrected chi connectivity index (χ4v) is 2.97. The van der Waals surface area contributed by atoms with Gasteiger partial charge in [0.1, 0.15) is 5.78 Å². The van der Waals surface area contributed by atoms with Crippen molar-refractivity contribution in [1.82, 2.24) is 20.3 Å². The lowest BCUT2D eigenvalue weighted by molar-refractivity contribution is -0.122. The second-order valence-corrected chi connectivity index (χ2v) is 4.92. The molecule has 0 amide bonds. The van der Waals surface area contributed by atoms with Crippen LogP contribution in [0, 0.1) is 5.92 Å². The minimum absolute atomic E-state index is 0.209. The number of carbonyl (C=O) groups excluding carboxylic acids is 1. The first-order valence-corrected chi connectivity index (χ1v) is 5.86. The van der Waals surface area contributed by atoms with Crippen LogP contribution in [0.25, 0.3) is 0 Å². The average Bonchev–Trinajstić information content (AvgIpc) is 2.93. The predicted octanol–water partition coefficient (Wildman–Crippen LogP) is 0.0672. The van der Waals surface area contributed by atoms with Gasteiger partial charge in [-0.15, -0.1) is 5.10 Å². The summed E-state index contributed by atoms with van der Waals surface area (Å²) >= 11 is 0. The molecule has 5 nitrogen and oxygen atoms in total. The molecule has 86 valence electrons. The molecule has 1 aromatic rings. The van der Waals surface area contributed by atoms with Gasteiger partial charge >= 0.3 is 0 Å². The number of aromatic nitrogens is 3. The van der Waals surface area contributed by atoms with Crippen LogP contribution in [0.2, 0.25) is 0 Å². The first kappa shape index (κ1) is 9.96. The molecule has 3 atom stereocenters. The summed E-state index contributed by atoms with van der Waals surface area (Å²) in [6.07, 6.45) is 5.66. The van der Waals surface area contributed by atoms with E-state index in [0.717, 1.165) is 18.5 Å². The molecule has 2 bridgehead atoms. The molecule has 1 aromatic heterocycles. The van der Waals surface area contributed by atoms with Crippen LogP contribution in [-0.4, -0.2) is 32.9 Å². The van der Waals surface area contributed by atoms with Crippen molar-refractivity contribution >= 4 is 5.78 Å². The quantitative estimate of drug-likeness (QED) is 0.783. The number of rotatable bonds is 3. The van der Waals surface area contributed by atoms with Crippen molar-refractivity contribution in [3.8, 4) is 0 Å². The fourth-order valence-electron chi connectivity index (χ4n) is 2.97. The van der Waals surface area contributed by atoms with Gasteiger partial charge in [-0.2, -0.15) is 0 Å². The maximum Gasteiger partial charge on any atom is 0.143 e. The monoisotopic (exact) mass is 220 g/mol. The second-order valence-electron chi connectivity index (χ2n) is 4.92. The fraction of sp³-hybridized carbons (Fsp3) is 0.727. The highest BCUT2D eigenvalue weighted by Gasteiger charge is 2.42. The molecule has 3 unspecified atom stereocenters. The van der Waals surface area contributed by atoms with Gasteiger partial charge in [0.2, 0.25) is 0 Å². The zero-order chi connectivity index (χ0) is 11.1.